The maximum absolute atomic E-state index is 12.5. The highest BCUT2D eigenvalue weighted by molar-refractivity contribution is 8.00. The molecule has 0 aliphatic rings. The van der Waals surface area contributed by atoms with E-state index in [0.29, 0.717) is 28.3 Å². The third kappa shape index (κ3) is 4.56. The van der Waals surface area contributed by atoms with Crippen LogP contribution in [0.2, 0.25) is 0 Å². The van der Waals surface area contributed by atoms with E-state index < -0.39 is 5.25 Å². The van der Waals surface area contributed by atoms with Gasteiger partial charge >= 0.3 is 0 Å². The molecule has 0 fully saturated rings. The standard InChI is InChI=1S/C18H18N4O4S/c1-11(16(23)20-14-10-13(24-2)4-5-15(14)25-3)27-18-22-21-17(26-18)12-6-8-19-9-7-12/h4-11H,1-3H3,(H,20,23). The average Bonchev–Trinajstić information content (AvgIpc) is 3.17. The van der Waals surface area contributed by atoms with Crippen molar-refractivity contribution in [3.8, 4) is 23.0 Å². The zero-order chi connectivity index (χ0) is 19.2. The van der Waals surface area contributed by atoms with Crippen LogP contribution in [-0.2, 0) is 4.79 Å². The minimum absolute atomic E-state index is 0.227. The number of ether oxygens (including phenoxy) is 2. The van der Waals surface area contributed by atoms with E-state index in [0.717, 1.165) is 5.56 Å². The van der Waals surface area contributed by atoms with Crippen LogP contribution in [0, 0.1) is 0 Å². The van der Waals surface area contributed by atoms with Gasteiger partial charge in [0.15, 0.2) is 0 Å². The van der Waals surface area contributed by atoms with Gasteiger partial charge in [0.05, 0.1) is 25.2 Å². The first-order valence-corrected chi connectivity index (χ1v) is 8.92. The van der Waals surface area contributed by atoms with Gasteiger partial charge in [-0.3, -0.25) is 9.78 Å². The summed E-state index contributed by atoms with van der Waals surface area (Å²) in [5.74, 6) is 1.31. The highest BCUT2D eigenvalue weighted by Crippen LogP contribution is 2.31. The van der Waals surface area contributed by atoms with Crippen molar-refractivity contribution in [3.05, 3.63) is 42.7 Å². The Morgan fingerprint density at radius 3 is 2.63 bits per heavy atom. The van der Waals surface area contributed by atoms with Gasteiger partial charge in [0.2, 0.25) is 11.8 Å². The fourth-order valence-corrected chi connectivity index (χ4v) is 2.90. The lowest BCUT2D eigenvalue weighted by molar-refractivity contribution is -0.115. The van der Waals surface area contributed by atoms with E-state index in [-0.39, 0.29) is 5.91 Å². The Morgan fingerprint density at radius 1 is 1.15 bits per heavy atom. The van der Waals surface area contributed by atoms with E-state index in [1.54, 1.807) is 56.8 Å². The van der Waals surface area contributed by atoms with Gasteiger partial charge in [0.1, 0.15) is 11.5 Å². The van der Waals surface area contributed by atoms with Crippen LogP contribution in [0.1, 0.15) is 6.92 Å². The first-order valence-electron chi connectivity index (χ1n) is 8.04. The van der Waals surface area contributed by atoms with Gasteiger partial charge in [0, 0.05) is 24.0 Å². The summed E-state index contributed by atoms with van der Waals surface area (Å²) in [5.41, 5.74) is 1.29. The molecule has 2 heterocycles. The normalized spacial score (nSPS) is 11.7. The number of methoxy groups -OCH3 is 2. The van der Waals surface area contributed by atoms with Crippen molar-refractivity contribution < 1.29 is 18.7 Å². The molecule has 1 amide bonds. The lowest BCUT2D eigenvalue weighted by Crippen LogP contribution is -2.22. The molecule has 0 radical (unpaired) electrons. The third-order valence-electron chi connectivity index (χ3n) is 3.65. The van der Waals surface area contributed by atoms with Crippen molar-refractivity contribution >= 4 is 23.4 Å². The number of thioether (sulfide) groups is 1. The molecule has 9 heteroatoms. The fourth-order valence-electron chi connectivity index (χ4n) is 2.22. The van der Waals surface area contributed by atoms with E-state index in [1.165, 1.54) is 18.9 Å². The van der Waals surface area contributed by atoms with Gasteiger partial charge in [-0.25, -0.2) is 0 Å². The number of nitrogens with one attached hydrogen (secondary N) is 1. The zero-order valence-corrected chi connectivity index (χ0v) is 15.8. The van der Waals surface area contributed by atoms with Crippen LogP contribution in [0.3, 0.4) is 0 Å². The Labute approximate surface area is 160 Å². The minimum atomic E-state index is -0.466. The summed E-state index contributed by atoms with van der Waals surface area (Å²) in [6.45, 7) is 1.75. The number of amides is 1. The summed E-state index contributed by atoms with van der Waals surface area (Å²) in [6, 6.07) is 8.72. The Morgan fingerprint density at radius 2 is 1.93 bits per heavy atom. The fraction of sp³-hybridized carbons (Fsp3) is 0.222. The first kappa shape index (κ1) is 18.7. The minimum Gasteiger partial charge on any atom is -0.497 e. The monoisotopic (exact) mass is 386 g/mol. The number of nitrogens with zero attached hydrogens (tertiary/aromatic N) is 3. The summed E-state index contributed by atoms with van der Waals surface area (Å²) >= 11 is 1.17. The van der Waals surface area contributed by atoms with E-state index in [4.69, 9.17) is 13.9 Å². The predicted molar refractivity (Wildman–Crippen MR) is 101 cm³/mol. The molecule has 1 aromatic carbocycles. The smallest absolute Gasteiger partial charge is 0.277 e. The summed E-state index contributed by atoms with van der Waals surface area (Å²) in [7, 11) is 3.09. The molecule has 0 saturated carbocycles. The molecule has 0 spiro atoms. The highest BCUT2D eigenvalue weighted by atomic mass is 32.2. The van der Waals surface area contributed by atoms with E-state index >= 15 is 0 Å². The molecule has 1 atom stereocenters. The number of anilines is 1. The Bertz CT molecular complexity index is 917. The number of hydrogen-bond donors (Lipinski definition) is 1. The van der Waals surface area contributed by atoms with Crippen molar-refractivity contribution in [1.82, 2.24) is 15.2 Å². The molecule has 3 rings (SSSR count). The van der Waals surface area contributed by atoms with Crippen molar-refractivity contribution in [2.45, 2.75) is 17.4 Å². The Hall–Kier alpha value is -3.07. The molecule has 1 unspecified atom stereocenters. The number of carbonyl (C=O) groups excluding carboxylic acids is 1. The number of carbonyl (C=O) groups is 1. The van der Waals surface area contributed by atoms with Gasteiger partial charge in [-0.15, -0.1) is 10.2 Å². The summed E-state index contributed by atoms with van der Waals surface area (Å²) in [5, 5.41) is 10.7. The number of pyridine rings is 1. The molecule has 0 saturated heterocycles. The largest absolute Gasteiger partial charge is 0.497 e. The Kier molecular flexibility index (Phi) is 5.92. The van der Waals surface area contributed by atoms with Gasteiger partial charge in [-0.2, -0.15) is 0 Å². The van der Waals surface area contributed by atoms with Crippen LogP contribution in [0.15, 0.2) is 52.4 Å². The lowest BCUT2D eigenvalue weighted by Gasteiger charge is -2.14. The molecule has 2 aromatic heterocycles. The molecule has 0 aliphatic heterocycles. The van der Waals surface area contributed by atoms with Crippen molar-refractivity contribution in [2.75, 3.05) is 19.5 Å². The summed E-state index contributed by atoms with van der Waals surface area (Å²) < 4.78 is 16.1. The number of rotatable bonds is 7. The summed E-state index contributed by atoms with van der Waals surface area (Å²) in [6.07, 6.45) is 3.29. The molecule has 0 aliphatic carbocycles. The Balaban J connectivity index is 1.67. The third-order valence-corrected chi connectivity index (χ3v) is 4.58. The van der Waals surface area contributed by atoms with Crippen LogP contribution in [-0.4, -0.2) is 40.6 Å². The second-order valence-corrected chi connectivity index (χ2v) is 6.72. The molecule has 1 N–H and O–H groups in total. The van der Waals surface area contributed by atoms with Gasteiger partial charge in [-0.1, -0.05) is 11.8 Å². The SMILES string of the molecule is COc1ccc(OC)c(NC(=O)C(C)Sc2nnc(-c3ccncc3)o2)c1. The molecule has 27 heavy (non-hydrogen) atoms. The number of benzene rings is 1. The quantitative estimate of drug-likeness (QED) is 0.618. The van der Waals surface area contributed by atoms with Crippen LogP contribution >= 0.6 is 11.8 Å². The lowest BCUT2D eigenvalue weighted by atomic mass is 10.2. The van der Waals surface area contributed by atoms with Crippen LogP contribution < -0.4 is 14.8 Å². The van der Waals surface area contributed by atoms with Crippen LogP contribution in [0.25, 0.3) is 11.5 Å². The molecule has 0 bridgehead atoms. The van der Waals surface area contributed by atoms with Gasteiger partial charge in [-0.05, 0) is 31.2 Å². The maximum atomic E-state index is 12.5. The molecular formula is C18H18N4O4S. The molecular weight excluding hydrogens is 368 g/mol. The second-order valence-electron chi connectivity index (χ2n) is 5.42. The maximum Gasteiger partial charge on any atom is 0.277 e. The first-order chi connectivity index (χ1) is 13.1. The predicted octanol–water partition coefficient (Wildman–Crippen LogP) is 3.27. The highest BCUT2D eigenvalue weighted by Gasteiger charge is 2.20. The van der Waals surface area contributed by atoms with Gasteiger partial charge in [0.25, 0.3) is 5.22 Å². The van der Waals surface area contributed by atoms with Gasteiger partial charge < -0.3 is 19.2 Å². The number of aromatic nitrogens is 3. The zero-order valence-electron chi connectivity index (χ0n) is 15.0. The molecule has 3 aromatic rings. The van der Waals surface area contributed by atoms with Crippen molar-refractivity contribution in [3.63, 3.8) is 0 Å². The van der Waals surface area contributed by atoms with E-state index in [9.17, 15) is 4.79 Å². The van der Waals surface area contributed by atoms with Crippen LogP contribution in [0.5, 0.6) is 11.5 Å². The van der Waals surface area contributed by atoms with E-state index in [1.807, 2.05) is 0 Å². The second kappa shape index (κ2) is 8.54. The van der Waals surface area contributed by atoms with Crippen molar-refractivity contribution in [1.29, 1.82) is 0 Å². The van der Waals surface area contributed by atoms with E-state index in [2.05, 4.69) is 20.5 Å². The molecule has 8 nitrogen and oxygen atoms in total. The summed E-state index contributed by atoms with van der Waals surface area (Å²) in [4.78, 5) is 16.5. The van der Waals surface area contributed by atoms with Crippen molar-refractivity contribution in [2.24, 2.45) is 0 Å². The number of hydrogen-bond acceptors (Lipinski definition) is 8. The average molecular weight is 386 g/mol. The van der Waals surface area contributed by atoms with Crippen LogP contribution in [0.4, 0.5) is 5.69 Å². The topological polar surface area (TPSA) is 99.4 Å². The molecule has 140 valence electrons.